The minimum Gasteiger partial charge on any atom is -0.334 e. The minimum absolute atomic E-state index is 0.0890. The highest BCUT2D eigenvalue weighted by Crippen LogP contribution is 2.27. The fourth-order valence-corrected chi connectivity index (χ4v) is 4.05. The number of rotatable bonds is 8. The molecule has 0 aliphatic heterocycles. The smallest absolute Gasteiger partial charge is 0.237 e. The van der Waals surface area contributed by atoms with Crippen LogP contribution in [-0.4, -0.2) is 41.3 Å². The lowest BCUT2D eigenvalue weighted by atomic mass is 9.97. The van der Waals surface area contributed by atoms with Gasteiger partial charge < -0.3 is 4.90 Å². The molecule has 0 aliphatic carbocycles. The van der Waals surface area contributed by atoms with Crippen LogP contribution in [0.25, 0.3) is 0 Å². The Morgan fingerprint density at radius 2 is 1.57 bits per heavy atom. The highest BCUT2D eigenvalue weighted by atomic mass is 32.1. The van der Waals surface area contributed by atoms with Crippen LogP contribution in [0.5, 0.6) is 0 Å². The summed E-state index contributed by atoms with van der Waals surface area (Å²) in [5.74, 6) is 0.0890. The van der Waals surface area contributed by atoms with Crippen molar-refractivity contribution in [1.29, 1.82) is 0 Å². The first-order valence-corrected chi connectivity index (χ1v) is 10.4. The molecule has 0 saturated carbocycles. The number of hydrogen-bond acceptors (Lipinski definition) is 4. The summed E-state index contributed by atoms with van der Waals surface area (Å²) < 4.78 is 0. The van der Waals surface area contributed by atoms with Crippen molar-refractivity contribution in [3.63, 3.8) is 0 Å². The van der Waals surface area contributed by atoms with E-state index in [1.165, 1.54) is 0 Å². The molecule has 4 nitrogen and oxygen atoms in total. The third-order valence-electron chi connectivity index (χ3n) is 4.75. The average molecular weight is 394 g/mol. The molecular formula is C23H27N3OS. The van der Waals surface area contributed by atoms with E-state index in [1.807, 2.05) is 60.3 Å². The highest BCUT2D eigenvalue weighted by molar-refractivity contribution is 7.09. The lowest BCUT2D eigenvalue weighted by Gasteiger charge is -2.30. The summed E-state index contributed by atoms with van der Waals surface area (Å²) in [6, 6.07) is 20.3. The number of carbonyl (C=O) groups is 1. The van der Waals surface area contributed by atoms with Gasteiger partial charge in [-0.1, -0.05) is 67.6 Å². The van der Waals surface area contributed by atoms with Gasteiger partial charge in [-0.2, -0.15) is 0 Å². The van der Waals surface area contributed by atoms with Crippen LogP contribution in [0.1, 0.15) is 34.8 Å². The first-order chi connectivity index (χ1) is 13.6. The Bertz CT molecular complexity index is 840. The fraction of sp³-hybridized carbons (Fsp3) is 0.304. The van der Waals surface area contributed by atoms with Crippen molar-refractivity contribution in [3.05, 3.63) is 87.9 Å². The third-order valence-corrected chi connectivity index (χ3v) is 5.79. The van der Waals surface area contributed by atoms with Crippen molar-refractivity contribution in [2.24, 2.45) is 0 Å². The second-order valence-corrected chi connectivity index (χ2v) is 7.93. The monoisotopic (exact) mass is 393 g/mol. The van der Waals surface area contributed by atoms with Crippen LogP contribution >= 0.6 is 11.3 Å². The molecular weight excluding hydrogens is 366 g/mol. The summed E-state index contributed by atoms with van der Waals surface area (Å²) in [6.07, 6.45) is 0.950. The second-order valence-electron chi connectivity index (χ2n) is 6.99. The molecule has 3 aromatic rings. The largest absolute Gasteiger partial charge is 0.334 e. The predicted molar refractivity (Wildman–Crippen MR) is 115 cm³/mol. The third kappa shape index (κ3) is 5.06. The average Bonchev–Trinajstić information content (AvgIpc) is 3.17. The molecule has 0 radical (unpaired) electrons. The highest BCUT2D eigenvalue weighted by Gasteiger charge is 2.24. The van der Waals surface area contributed by atoms with Gasteiger partial charge in [-0.15, -0.1) is 11.3 Å². The zero-order valence-corrected chi connectivity index (χ0v) is 17.5. The Morgan fingerprint density at radius 1 is 1.00 bits per heavy atom. The first kappa shape index (κ1) is 20.2. The van der Waals surface area contributed by atoms with Crippen molar-refractivity contribution in [2.75, 3.05) is 20.6 Å². The number of carbonyl (C=O) groups excluding carboxylic acids is 1. The van der Waals surface area contributed by atoms with E-state index in [4.69, 9.17) is 0 Å². The van der Waals surface area contributed by atoms with Crippen LogP contribution < -0.4 is 0 Å². The quantitative estimate of drug-likeness (QED) is 0.570. The Labute approximate surface area is 171 Å². The van der Waals surface area contributed by atoms with E-state index in [2.05, 4.69) is 41.6 Å². The Hall–Kier alpha value is -2.50. The summed E-state index contributed by atoms with van der Waals surface area (Å²) >= 11 is 1.68. The molecule has 1 aromatic heterocycles. The number of benzene rings is 2. The van der Waals surface area contributed by atoms with Gasteiger partial charge in [0, 0.05) is 19.0 Å². The van der Waals surface area contributed by atoms with Gasteiger partial charge in [0.25, 0.3) is 0 Å². The van der Waals surface area contributed by atoms with Crippen molar-refractivity contribution in [3.8, 4) is 0 Å². The molecule has 1 heterocycles. The lowest BCUT2D eigenvalue weighted by Crippen LogP contribution is -2.39. The molecule has 1 amide bonds. The maximum Gasteiger partial charge on any atom is 0.237 e. The van der Waals surface area contributed by atoms with Gasteiger partial charge in [-0.05, 0) is 24.6 Å². The fourth-order valence-electron chi connectivity index (χ4n) is 3.31. The number of hydrogen-bond donors (Lipinski definition) is 0. The van der Waals surface area contributed by atoms with E-state index in [1.54, 1.807) is 11.3 Å². The van der Waals surface area contributed by atoms with Crippen LogP contribution in [-0.2, 0) is 17.8 Å². The Kier molecular flexibility index (Phi) is 6.95. The Morgan fingerprint density at radius 3 is 2.07 bits per heavy atom. The van der Waals surface area contributed by atoms with Crippen molar-refractivity contribution in [2.45, 2.75) is 25.9 Å². The van der Waals surface area contributed by atoms with Crippen LogP contribution in [0.3, 0.4) is 0 Å². The molecule has 0 N–H and O–H groups in total. The SMILES string of the molecule is CCc1nc(CN(C)CC(=O)N(C)C(c2ccccc2)c2ccccc2)cs1. The van der Waals surface area contributed by atoms with Gasteiger partial charge in [0.15, 0.2) is 0 Å². The maximum absolute atomic E-state index is 13.1. The lowest BCUT2D eigenvalue weighted by molar-refractivity contribution is -0.132. The number of thiazole rings is 1. The van der Waals surface area contributed by atoms with E-state index < -0.39 is 0 Å². The van der Waals surface area contributed by atoms with Crippen LogP contribution in [0.4, 0.5) is 0 Å². The molecule has 3 rings (SSSR count). The van der Waals surface area contributed by atoms with Gasteiger partial charge in [-0.3, -0.25) is 9.69 Å². The molecule has 0 spiro atoms. The standard InChI is InChI=1S/C23H27N3OS/c1-4-21-24-20(17-28-21)15-25(2)16-22(27)26(3)23(18-11-7-5-8-12-18)19-13-9-6-10-14-19/h5-14,17,23H,4,15-16H2,1-3H3. The molecule has 28 heavy (non-hydrogen) atoms. The van der Waals surface area contributed by atoms with Gasteiger partial charge in [0.05, 0.1) is 23.3 Å². The first-order valence-electron chi connectivity index (χ1n) is 9.56. The summed E-state index contributed by atoms with van der Waals surface area (Å²) in [5, 5.41) is 3.22. The van der Waals surface area contributed by atoms with Gasteiger partial charge in [0.2, 0.25) is 5.91 Å². The number of aryl methyl sites for hydroxylation is 1. The van der Waals surface area contributed by atoms with E-state index in [0.29, 0.717) is 13.1 Å². The van der Waals surface area contributed by atoms with E-state index in [0.717, 1.165) is 28.2 Å². The van der Waals surface area contributed by atoms with Gasteiger partial charge in [-0.25, -0.2) is 4.98 Å². The van der Waals surface area contributed by atoms with Gasteiger partial charge in [0.1, 0.15) is 0 Å². The summed E-state index contributed by atoms with van der Waals surface area (Å²) in [5.41, 5.74) is 3.25. The van der Waals surface area contributed by atoms with Gasteiger partial charge >= 0.3 is 0 Å². The molecule has 0 bridgehead atoms. The van der Waals surface area contributed by atoms with Crippen LogP contribution in [0.2, 0.25) is 0 Å². The van der Waals surface area contributed by atoms with Crippen LogP contribution in [0, 0.1) is 0 Å². The van der Waals surface area contributed by atoms with Crippen molar-refractivity contribution in [1.82, 2.24) is 14.8 Å². The molecule has 0 fully saturated rings. The zero-order chi connectivity index (χ0) is 19.9. The predicted octanol–water partition coefficient (Wildman–Crippen LogP) is 4.39. The molecule has 146 valence electrons. The van der Waals surface area contributed by atoms with E-state index >= 15 is 0 Å². The Balaban J connectivity index is 1.73. The van der Waals surface area contributed by atoms with Crippen LogP contribution in [0.15, 0.2) is 66.0 Å². The molecule has 0 saturated heterocycles. The summed E-state index contributed by atoms with van der Waals surface area (Å²) in [4.78, 5) is 21.5. The van der Waals surface area contributed by atoms with Crippen molar-refractivity contribution >= 4 is 17.2 Å². The topological polar surface area (TPSA) is 36.4 Å². The number of nitrogens with zero attached hydrogens (tertiary/aromatic N) is 3. The molecule has 0 unspecified atom stereocenters. The molecule has 0 atom stereocenters. The minimum atomic E-state index is -0.103. The zero-order valence-electron chi connectivity index (χ0n) is 16.7. The molecule has 5 heteroatoms. The second kappa shape index (κ2) is 9.62. The number of amides is 1. The normalized spacial score (nSPS) is 11.2. The van der Waals surface area contributed by atoms with E-state index in [-0.39, 0.29) is 11.9 Å². The number of likely N-dealkylation sites (N-methyl/N-ethyl adjacent to an activating group) is 2. The summed E-state index contributed by atoms with van der Waals surface area (Å²) in [7, 11) is 3.86. The molecule has 2 aromatic carbocycles. The molecule has 0 aliphatic rings. The van der Waals surface area contributed by atoms with Crippen molar-refractivity contribution < 1.29 is 4.79 Å². The van der Waals surface area contributed by atoms with E-state index in [9.17, 15) is 4.79 Å². The number of aromatic nitrogens is 1. The summed E-state index contributed by atoms with van der Waals surface area (Å²) in [6.45, 7) is 3.14. The maximum atomic E-state index is 13.1.